The number of carbonyl (C=O) groups is 1. The minimum Gasteiger partial charge on any atom is -0.298 e. The van der Waals surface area contributed by atoms with Crippen LogP contribution in [0.4, 0.5) is 0 Å². The molecule has 0 saturated heterocycles. The number of hydrogen-bond donors (Lipinski definition) is 0. The summed E-state index contributed by atoms with van der Waals surface area (Å²) in [4.78, 5) is 14.3. The lowest BCUT2D eigenvalue weighted by Crippen LogP contribution is -2.48. The minimum atomic E-state index is -2.95. The number of rotatable bonds is 6. The third-order valence-electron chi connectivity index (χ3n) is 3.72. The predicted molar refractivity (Wildman–Crippen MR) is 68.8 cm³/mol. The Morgan fingerprint density at radius 2 is 1.76 bits per heavy atom. The highest BCUT2D eigenvalue weighted by molar-refractivity contribution is 7.90. The summed E-state index contributed by atoms with van der Waals surface area (Å²) in [5, 5.41) is 0. The lowest BCUT2D eigenvalue weighted by molar-refractivity contribution is -0.129. The molecule has 1 aliphatic carbocycles. The Labute approximate surface area is 104 Å². The van der Waals surface area contributed by atoms with E-state index in [-0.39, 0.29) is 17.1 Å². The number of ketones is 1. The van der Waals surface area contributed by atoms with Crippen molar-refractivity contribution in [3.8, 4) is 0 Å². The van der Waals surface area contributed by atoms with E-state index in [1.165, 1.54) is 6.26 Å². The summed E-state index contributed by atoms with van der Waals surface area (Å²) in [5.41, 5.74) is -0.322. The van der Waals surface area contributed by atoms with E-state index in [0.29, 0.717) is 12.8 Å². The Morgan fingerprint density at radius 3 is 2.18 bits per heavy atom. The number of likely N-dealkylation sites (N-methyl/N-ethyl adjacent to an activating group) is 1. The predicted octanol–water partition coefficient (Wildman–Crippen LogP) is 1.25. The van der Waals surface area contributed by atoms with Gasteiger partial charge in [-0.15, -0.1) is 0 Å². The van der Waals surface area contributed by atoms with Gasteiger partial charge in [0.05, 0.1) is 11.3 Å². The van der Waals surface area contributed by atoms with Crippen molar-refractivity contribution in [3.05, 3.63) is 0 Å². The maximum atomic E-state index is 12.3. The van der Waals surface area contributed by atoms with Crippen molar-refractivity contribution in [2.24, 2.45) is 0 Å². The zero-order valence-corrected chi connectivity index (χ0v) is 11.8. The molecule has 0 N–H and O–H groups in total. The van der Waals surface area contributed by atoms with Crippen molar-refractivity contribution in [2.75, 3.05) is 26.1 Å². The van der Waals surface area contributed by atoms with E-state index in [1.807, 2.05) is 19.0 Å². The van der Waals surface area contributed by atoms with Crippen LogP contribution in [0.1, 0.15) is 38.5 Å². The molecule has 100 valence electrons. The van der Waals surface area contributed by atoms with Gasteiger partial charge in [0.1, 0.15) is 9.84 Å². The summed E-state index contributed by atoms with van der Waals surface area (Å²) in [6, 6.07) is 0. The Morgan fingerprint density at radius 1 is 1.24 bits per heavy atom. The van der Waals surface area contributed by atoms with Crippen molar-refractivity contribution in [3.63, 3.8) is 0 Å². The van der Waals surface area contributed by atoms with E-state index in [1.54, 1.807) is 0 Å². The summed E-state index contributed by atoms with van der Waals surface area (Å²) >= 11 is 0. The average molecular weight is 261 g/mol. The molecule has 0 atom stereocenters. The molecule has 1 rings (SSSR count). The highest BCUT2D eigenvalue weighted by atomic mass is 32.2. The van der Waals surface area contributed by atoms with Gasteiger partial charge in [0.15, 0.2) is 5.78 Å². The summed E-state index contributed by atoms with van der Waals surface area (Å²) in [6.45, 7) is 0. The summed E-state index contributed by atoms with van der Waals surface area (Å²) in [6.07, 6.45) is 6.06. The SMILES string of the molecule is CN(C)C1(C(=O)CCCS(C)(=O)=O)CCCC1. The van der Waals surface area contributed by atoms with Gasteiger partial charge >= 0.3 is 0 Å². The molecule has 1 saturated carbocycles. The van der Waals surface area contributed by atoms with Gasteiger partial charge in [0.2, 0.25) is 0 Å². The zero-order chi connectivity index (χ0) is 13.1. The van der Waals surface area contributed by atoms with E-state index in [4.69, 9.17) is 0 Å². The fourth-order valence-electron chi connectivity index (χ4n) is 2.66. The van der Waals surface area contributed by atoms with Crippen LogP contribution in [0.5, 0.6) is 0 Å². The Balaban J connectivity index is 2.56. The standard InChI is InChI=1S/C12H23NO3S/c1-13(2)12(8-4-5-9-12)11(14)7-6-10-17(3,15)16/h4-10H2,1-3H3. The van der Waals surface area contributed by atoms with Crippen LogP contribution in [0.3, 0.4) is 0 Å². The third kappa shape index (κ3) is 3.78. The maximum Gasteiger partial charge on any atom is 0.153 e. The minimum absolute atomic E-state index is 0.113. The van der Waals surface area contributed by atoms with Crippen LogP contribution < -0.4 is 0 Å². The molecule has 0 bridgehead atoms. The van der Waals surface area contributed by atoms with Gasteiger partial charge in [-0.05, 0) is 33.4 Å². The van der Waals surface area contributed by atoms with Crippen LogP contribution in [0.2, 0.25) is 0 Å². The Hall–Kier alpha value is -0.420. The second kappa shape index (κ2) is 5.48. The van der Waals surface area contributed by atoms with Crippen LogP contribution in [0.15, 0.2) is 0 Å². The molecule has 1 aliphatic rings. The molecule has 1 fully saturated rings. The third-order valence-corrected chi connectivity index (χ3v) is 4.76. The van der Waals surface area contributed by atoms with Crippen molar-refractivity contribution in [1.29, 1.82) is 0 Å². The van der Waals surface area contributed by atoms with Gasteiger partial charge in [0.25, 0.3) is 0 Å². The molecule has 0 aromatic rings. The fraction of sp³-hybridized carbons (Fsp3) is 0.917. The van der Waals surface area contributed by atoms with Crippen LogP contribution in [-0.2, 0) is 14.6 Å². The molecular formula is C12H23NO3S. The molecule has 0 spiro atoms. The Bertz CT molecular complexity index is 367. The first-order chi connectivity index (χ1) is 7.78. The van der Waals surface area contributed by atoms with Crippen LogP contribution in [0, 0.1) is 0 Å². The van der Waals surface area contributed by atoms with Crippen molar-refractivity contribution in [2.45, 2.75) is 44.1 Å². The van der Waals surface area contributed by atoms with Crippen molar-refractivity contribution in [1.82, 2.24) is 4.90 Å². The van der Waals surface area contributed by atoms with Crippen molar-refractivity contribution >= 4 is 15.6 Å². The van der Waals surface area contributed by atoms with E-state index < -0.39 is 9.84 Å². The van der Waals surface area contributed by atoms with Gasteiger partial charge in [0, 0.05) is 12.7 Å². The molecule has 0 radical (unpaired) electrons. The molecule has 0 unspecified atom stereocenters. The van der Waals surface area contributed by atoms with Gasteiger partial charge in [-0.25, -0.2) is 8.42 Å². The highest BCUT2D eigenvalue weighted by Crippen LogP contribution is 2.35. The molecule has 0 aromatic heterocycles. The maximum absolute atomic E-state index is 12.3. The van der Waals surface area contributed by atoms with Crippen LogP contribution in [-0.4, -0.2) is 50.7 Å². The van der Waals surface area contributed by atoms with Crippen LogP contribution >= 0.6 is 0 Å². The van der Waals surface area contributed by atoms with E-state index in [9.17, 15) is 13.2 Å². The van der Waals surface area contributed by atoms with Gasteiger partial charge in [-0.1, -0.05) is 12.8 Å². The summed E-state index contributed by atoms with van der Waals surface area (Å²) < 4.78 is 22.1. The molecule has 0 aliphatic heterocycles. The monoisotopic (exact) mass is 261 g/mol. The summed E-state index contributed by atoms with van der Waals surface area (Å²) in [7, 11) is 0.939. The fourth-order valence-corrected chi connectivity index (χ4v) is 3.33. The number of Topliss-reactive ketones (excluding diaryl/α,β-unsaturated/α-hetero) is 1. The second-order valence-corrected chi connectivity index (χ2v) is 7.55. The molecule has 17 heavy (non-hydrogen) atoms. The lowest BCUT2D eigenvalue weighted by Gasteiger charge is -2.34. The van der Waals surface area contributed by atoms with Gasteiger partial charge < -0.3 is 0 Å². The molecule has 5 heteroatoms. The molecule has 0 heterocycles. The average Bonchev–Trinajstić information content (AvgIpc) is 2.64. The molecule has 0 amide bonds. The van der Waals surface area contributed by atoms with E-state index in [0.717, 1.165) is 25.7 Å². The number of hydrogen-bond acceptors (Lipinski definition) is 4. The molecular weight excluding hydrogens is 238 g/mol. The highest BCUT2D eigenvalue weighted by Gasteiger charge is 2.41. The van der Waals surface area contributed by atoms with E-state index in [2.05, 4.69) is 0 Å². The topological polar surface area (TPSA) is 54.5 Å². The first kappa shape index (κ1) is 14.6. The van der Waals surface area contributed by atoms with Crippen LogP contribution in [0.25, 0.3) is 0 Å². The first-order valence-corrected chi connectivity index (χ1v) is 8.22. The summed E-state index contributed by atoms with van der Waals surface area (Å²) in [5.74, 6) is 0.325. The number of carbonyl (C=O) groups excluding carboxylic acids is 1. The normalized spacial score (nSPS) is 19.8. The number of sulfone groups is 1. The smallest absolute Gasteiger partial charge is 0.153 e. The Kier molecular flexibility index (Phi) is 4.72. The van der Waals surface area contributed by atoms with Gasteiger partial charge in [-0.2, -0.15) is 0 Å². The first-order valence-electron chi connectivity index (χ1n) is 6.16. The lowest BCUT2D eigenvalue weighted by atomic mass is 9.88. The van der Waals surface area contributed by atoms with E-state index >= 15 is 0 Å². The molecule has 0 aromatic carbocycles. The number of nitrogens with zero attached hydrogens (tertiary/aromatic N) is 1. The second-order valence-electron chi connectivity index (χ2n) is 5.29. The van der Waals surface area contributed by atoms with Gasteiger partial charge in [-0.3, -0.25) is 9.69 Å². The van der Waals surface area contributed by atoms with Crippen molar-refractivity contribution < 1.29 is 13.2 Å². The zero-order valence-electron chi connectivity index (χ0n) is 11.0. The molecule has 4 nitrogen and oxygen atoms in total. The quantitative estimate of drug-likeness (QED) is 0.722. The largest absolute Gasteiger partial charge is 0.298 e.